The molecule has 0 bridgehead atoms. The van der Waals surface area contributed by atoms with Gasteiger partial charge in [-0.15, -0.1) is 0 Å². The Bertz CT molecular complexity index is 238. The molecule has 1 aromatic heterocycles. The molecule has 0 aromatic carbocycles. The van der Waals surface area contributed by atoms with Gasteiger partial charge in [-0.2, -0.15) is 4.39 Å². The molecule has 0 radical (unpaired) electrons. The normalized spacial score (nSPS) is 10.0. The van der Waals surface area contributed by atoms with E-state index < -0.39 is 5.95 Å². The molecule has 3 nitrogen and oxygen atoms in total. The number of nitrogens with zero attached hydrogens (tertiary/aromatic N) is 1. The minimum Gasteiger partial charge on any atom is -0.492 e. The number of aromatic nitrogens is 1. The van der Waals surface area contributed by atoms with E-state index >= 15 is 0 Å². The molecule has 0 saturated carbocycles. The summed E-state index contributed by atoms with van der Waals surface area (Å²) in [5, 5.41) is 0. The lowest BCUT2D eigenvalue weighted by molar-refractivity contribution is 0.172. The van der Waals surface area contributed by atoms with Crippen LogP contribution in [0.5, 0.6) is 5.75 Å². The third-order valence-electron chi connectivity index (χ3n) is 1.46. The van der Waals surface area contributed by atoms with Crippen molar-refractivity contribution in [1.29, 1.82) is 0 Å². The Morgan fingerprint density at radius 1 is 1.38 bits per heavy atom. The van der Waals surface area contributed by atoms with Gasteiger partial charge < -0.3 is 9.47 Å². The molecule has 4 heteroatoms. The van der Waals surface area contributed by atoms with Gasteiger partial charge in [0.15, 0.2) is 0 Å². The summed E-state index contributed by atoms with van der Waals surface area (Å²) in [4.78, 5) is 3.46. The van der Waals surface area contributed by atoms with Crippen molar-refractivity contribution in [2.45, 2.75) is 6.42 Å². The zero-order valence-corrected chi connectivity index (χ0v) is 7.50. The molecular formula is C9H12FNO2. The molecule has 0 saturated heterocycles. The van der Waals surface area contributed by atoms with Crippen molar-refractivity contribution >= 4 is 0 Å². The molecule has 72 valence electrons. The van der Waals surface area contributed by atoms with E-state index in [0.717, 1.165) is 6.42 Å². The second-order valence-corrected chi connectivity index (χ2v) is 2.51. The highest BCUT2D eigenvalue weighted by Crippen LogP contribution is 2.08. The van der Waals surface area contributed by atoms with Gasteiger partial charge in [0.2, 0.25) is 5.95 Å². The van der Waals surface area contributed by atoms with Crippen LogP contribution in [0, 0.1) is 5.95 Å². The Morgan fingerprint density at radius 3 is 2.85 bits per heavy atom. The van der Waals surface area contributed by atoms with Crippen LogP contribution < -0.4 is 4.74 Å². The molecule has 1 heterocycles. The molecule has 1 rings (SSSR count). The minimum atomic E-state index is -0.496. The number of pyridine rings is 1. The zero-order chi connectivity index (χ0) is 9.52. The molecule has 0 aliphatic carbocycles. The van der Waals surface area contributed by atoms with E-state index in [9.17, 15) is 4.39 Å². The SMILES string of the molecule is COCCCOc1ccc(F)nc1. The lowest BCUT2D eigenvalue weighted by Crippen LogP contribution is -2.01. The standard InChI is InChI=1S/C9H12FNO2/c1-12-5-2-6-13-8-3-4-9(10)11-7-8/h3-4,7H,2,5-6H2,1H3. The number of rotatable bonds is 5. The van der Waals surface area contributed by atoms with Crippen LogP contribution in [0.15, 0.2) is 18.3 Å². The van der Waals surface area contributed by atoms with E-state index in [0.29, 0.717) is 19.0 Å². The smallest absolute Gasteiger partial charge is 0.213 e. The van der Waals surface area contributed by atoms with Gasteiger partial charge in [0, 0.05) is 20.1 Å². The predicted octanol–water partition coefficient (Wildman–Crippen LogP) is 1.64. The molecule has 0 unspecified atom stereocenters. The average Bonchev–Trinajstić information content (AvgIpc) is 2.15. The number of hydrogen-bond acceptors (Lipinski definition) is 3. The first-order chi connectivity index (χ1) is 6.33. The topological polar surface area (TPSA) is 31.4 Å². The number of halogens is 1. The maximum absolute atomic E-state index is 12.3. The molecule has 0 amide bonds. The highest BCUT2D eigenvalue weighted by molar-refractivity contribution is 5.15. The molecule has 0 atom stereocenters. The molecule has 0 fully saturated rings. The average molecular weight is 185 g/mol. The van der Waals surface area contributed by atoms with Crippen LogP contribution in [0.25, 0.3) is 0 Å². The molecule has 0 N–H and O–H groups in total. The lowest BCUT2D eigenvalue weighted by Gasteiger charge is -2.04. The maximum atomic E-state index is 12.3. The molecule has 0 aliphatic heterocycles. The van der Waals surface area contributed by atoms with E-state index in [2.05, 4.69) is 4.98 Å². The van der Waals surface area contributed by atoms with Gasteiger partial charge in [-0.1, -0.05) is 0 Å². The summed E-state index contributed by atoms with van der Waals surface area (Å²) in [7, 11) is 1.64. The minimum absolute atomic E-state index is 0.496. The van der Waals surface area contributed by atoms with Crippen molar-refractivity contribution in [1.82, 2.24) is 4.98 Å². The summed E-state index contributed by atoms with van der Waals surface area (Å²) in [6.07, 6.45) is 2.18. The number of methoxy groups -OCH3 is 1. The summed E-state index contributed by atoms with van der Waals surface area (Å²) in [5.41, 5.74) is 0. The Morgan fingerprint density at radius 2 is 2.23 bits per heavy atom. The van der Waals surface area contributed by atoms with E-state index in [-0.39, 0.29) is 0 Å². The molecule has 13 heavy (non-hydrogen) atoms. The fourth-order valence-electron chi connectivity index (χ4n) is 0.841. The van der Waals surface area contributed by atoms with E-state index in [4.69, 9.17) is 9.47 Å². The van der Waals surface area contributed by atoms with Crippen LogP contribution in [0.4, 0.5) is 4.39 Å². The fraction of sp³-hybridized carbons (Fsp3) is 0.444. The second kappa shape index (κ2) is 5.48. The van der Waals surface area contributed by atoms with Crippen molar-refractivity contribution < 1.29 is 13.9 Å². The Balaban J connectivity index is 2.25. The van der Waals surface area contributed by atoms with Gasteiger partial charge in [-0.3, -0.25) is 0 Å². The summed E-state index contributed by atoms with van der Waals surface area (Å²) in [6, 6.07) is 2.82. The molecular weight excluding hydrogens is 173 g/mol. The van der Waals surface area contributed by atoms with Crippen LogP contribution in [-0.2, 0) is 4.74 Å². The molecule has 0 aliphatic rings. The quantitative estimate of drug-likeness (QED) is 0.516. The van der Waals surface area contributed by atoms with Crippen LogP contribution >= 0.6 is 0 Å². The van der Waals surface area contributed by atoms with Crippen LogP contribution in [0.1, 0.15) is 6.42 Å². The third kappa shape index (κ3) is 3.85. The van der Waals surface area contributed by atoms with Crippen LogP contribution in [0.3, 0.4) is 0 Å². The van der Waals surface area contributed by atoms with Crippen LogP contribution in [-0.4, -0.2) is 25.3 Å². The number of hydrogen-bond donors (Lipinski definition) is 0. The van der Waals surface area contributed by atoms with E-state index in [1.54, 1.807) is 13.2 Å². The van der Waals surface area contributed by atoms with E-state index in [1.165, 1.54) is 12.3 Å². The molecule has 0 spiro atoms. The zero-order valence-electron chi connectivity index (χ0n) is 7.50. The summed E-state index contributed by atoms with van der Waals surface area (Å²) < 4.78 is 22.4. The van der Waals surface area contributed by atoms with Crippen molar-refractivity contribution in [2.75, 3.05) is 20.3 Å². The van der Waals surface area contributed by atoms with Crippen LogP contribution in [0.2, 0.25) is 0 Å². The predicted molar refractivity (Wildman–Crippen MR) is 46.2 cm³/mol. The van der Waals surface area contributed by atoms with Crippen molar-refractivity contribution in [3.05, 3.63) is 24.3 Å². The first kappa shape index (κ1) is 9.92. The summed E-state index contributed by atoms with van der Waals surface area (Å²) in [5.74, 6) is 0.0849. The number of ether oxygens (including phenoxy) is 2. The lowest BCUT2D eigenvalue weighted by atomic mass is 10.4. The monoisotopic (exact) mass is 185 g/mol. The highest BCUT2D eigenvalue weighted by Gasteiger charge is 1.94. The van der Waals surface area contributed by atoms with Gasteiger partial charge in [-0.25, -0.2) is 4.98 Å². The third-order valence-corrected chi connectivity index (χ3v) is 1.46. The Labute approximate surface area is 76.5 Å². The first-order valence-corrected chi connectivity index (χ1v) is 4.06. The van der Waals surface area contributed by atoms with Crippen molar-refractivity contribution in [3.8, 4) is 5.75 Å². The van der Waals surface area contributed by atoms with E-state index in [1.807, 2.05) is 0 Å². The maximum Gasteiger partial charge on any atom is 0.213 e. The van der Waals surface area contributed by atoms with Gasteiger partial charge in [0.05, 0.1) is 12.8 Å². The van der Waals surface area contributed by atoms with Gasteiger partial charge in [0.25, 0.3) is 0 Å². The van der Waals surface area contributed by atoms with Crippen molar-refractivity contribution in [2.24, 2.45) is 0 Å². The van der Waals surface area contributed by atoms with Gasteiger partial charge in [-0.05, 0) is 12.1 Å². The Kier molecular flexibility index (Phi) is 4.18. The summed E-state index contributed by atoms with van der Waals surface area (Å²) >= 11 is 0. The van der Waals surface area contributed by atoms with Gasteiger partial charge in [0.1, 0.15) is 5.75 Å². The van der Waals surface area contributed by atoms with Gasteiger partial charge >= 0.3 is 0 Å². The fourth-order valence-corrected chi connectivity index (χ4v) is 0.841. The van der Waals surface area contributed by atoms with Crippen molar-refractivity contribution in [3.63, 3.8) is 0 Å². The highest BCUT2D eigenvalue weighted by atomic mass is 19.1. The largest absolute Gasteiger partial charge is 0.492 e. The Hall–Kier alpha value is -1.16. The molecule has 1 aromatic rings. The summed E-state index contributed by atoms with van der Waals surface area (Å²) in [6.45, 7) is 1.22. The first-order valence-electron chi connectivity index (χ1n) is 4.06. The second-order valence-electron chi connectivity index (χ2n) is 2.51.